The van der Waals surface area contributed by atoms with Gasteiger partial charge in [0.15, 0.2) is 5.82 Å². The van der Waals surface area contributed by atoms with Gasteiger partial charge in [-0.2, -0.15) is 0 Å². The number of aromatic nitrogens is 1. The van der Waals surface area contributed by atoms with E-state index in [0.717, 1.165) is 5.39 Å². The summed E-state index contributed by atoms with van der Waals surface area (Å²) in [7, 11) is 0. The number of fused-ring (bicyclic) bond motifs is 1. The normalized spacial score (nSPS) is 10.5. The third-order valence-electron chi connectivity index (χ3n) is 3.22. The number of aromatic hydroxyl groups is 1. The third kappa shape index (κ3) is 2.36. The highest BCUT2D eigenvalue weighted by molar-refractivity contribution is 6.10. The van der Waals surface area contributed by atoms with Gasteiger partial charge in [0.25, 0.3) is 5.91 Å². The Labute approximate surface area is 121 Å². The molecule has 2 aromatic carbocycles. The van der Waals surface area contributed by atoms with Crippen LogP contribution in [0.5, 0.6) is 5.75 Å². The lowest BCUT2D eigenvalue weighted by Crippen LogP contribution is -2.14. The van der Waals surface area contributed by atoms with Crippen molar-refractivity contribution >= 4 is 28.2 Å². The van der Waals surface area contributed by atoms with Crippen LogP contribution in [0.4, 0.5) is 11.5 Å². The maximum atomic E-state index is 12.3. The molecular formula is C16H13N3O2. The number of nitrogens with one attached hydrogen (secondary N) is 1. The van der Waals surface area contributed by atoms with Gasteiger partial charge in [0.05, 0.1) is 11.3 Å². The van der Waals surface area contributed by atoms with Crippen LogP contribution >= 0.6 is 0 Å². The Morgan fingerprint density at radius 1 is 1.10 bits per heavy atom. The lowest BCUT2D eigenvalue weighted by atomic mass is 10.0. The number of phenols is 1. The Hall–Kier alpha value is -3.08. The minimum Gasteiger partial charge on any atom is -0.506 e. The summed E-state index contributed by atoms with van der Waals surface area (Å²) in [5.41, 5.74) is 6.28. The molecule has 21 heavy (non-hydrogen) atoms. The fourth-order valence-electron chi connectivity index (χ4n) is 2.14. The second-order valence-electron chi connectivity index (χ2n) is 4.58. The molecule has 0 spiro atoms. The van der Waals surface area contributed by atoms with Gasteiger partial charge in [-0.15, -0.1) is 0 Å². The molecule has 0 aliphatic carbocycles. The highest BCUT2D eigenvalue weighted by Crippen LogP contribution is 2.29. The number of nitrogen functional groups attached to an aromatic ring is 1. The summed E-state index contributed by atoms with van der Waals surface area (Å²) in [5.74, 6) is -0.237. The van der Waals surface area contributed by atoms with Gasteiger partial charge < -0.3 is 16.2 Å². The summed E-state index contributed by atoms with van der Waals surface area (Å²) in [5, 5.41) is 14.3. The van der Waals surface area contributed by atoms with Gasteiger partial charge in [0.1, 0.15) is 5.75 Å². The van der Waals surface area contributed by atoms with E-state index in [1.165, 1.54) is 6.20 Å². The molecule has 0 unspecified atom stereocenters. The van der Waals surface area contributed by atoms with Crippen molar-refractivity contribution in [2.75, 3.05) is 11.1 Å². The number of hydrogen-bond donors (Lipinski definition) is 3. The van der Waals surface area contributed by atoms with E-state index in [1.54, 1.807) is 36.4 Å². The molecule has 5 heteroatoms. The molecule has 0 atom stereocenters. The molecule has 104 valence electrons. The SMILES string of the molecule is Nc1cccnc1NC(=O)c1ccc2ccccc2c1O. The number of hydrogen-bond acceptors (Lipinski definition) is 4. The molecule has 1 amide bonds. The Balaban J connectivity index is 1.99. The van der Waals surface area contributed by atoms with Crippen LogP contribution in [0.1, 0.15) is 10.4 Å². The standard InChI is InChI=1S/C16H13N3O2/c17-13-6-3-9-18-15(13)19-16(21)12-8-7-10-4-1-2-5-11(10)14(12)20/h1-9,20H,17H2,(H,18,19,21). The number of phenolic OH excluding ortho intramolecular Hbond substituents is 1. The lowest BCUT2D eigenvalue weighted by molar-refractivity contribution is 0.102. The highest BCUT2D eigenvalue weighted by Gasteiger charge is 2.15. The third-order valence-corrected chi connectivity index (χ3v) is 3.22. The van der Waals surface area contributed by atoms with Crippen molar-refractivity contribution in [1.29, 1.82) is 0 Å². The first-order valence-electron chi connectivity index (χ1n) is 6.39. The van der Waals surface area contributed by atoms with E-state index >= 15 is 0 Å². The fourth-order valence-corrected chi connectivity index (χ4v) is 2.14. The topological polar surface area (TPSA) is 88.2 Å². The van der Waals surface area contributed by atoms with Crippen molar-refractivity contribution in [3.63, 3.8) is 0 Å². The van der Waals surface area contributed by atoms with Crippen LogP contribution in [0, 0.1) is 0 Å². The van der Waals surface area contributed by atoms with Crippen LogP contribution in [0.15, 0.2) is 54.7 Å². The molecule has 0 aliphatic rings. The maximum absolute atomic E-state index is 12.3. The Morgan fingerprint density at radius 2 is 1.90 bits per heavy atom. The zero-order valence-corrected chi connectivity index (χ0v) is 11.1. The molecule has 0 fully saturated rings. The van der Waals surface area contributed by atoms with E-state index in [0.29, 0.717) is 11.1 Å². The Morgan fingerprint density at radius 3 is 2.71 bits per heavy atom. The van der Waals surface area contributed by atoms with E-state index in [1.807, 2.05) is 12.1 Å². The van der Waals surface area contributed by atoms with Crippen LogP contribution in [0.3, 0.4) is 0 Å². The summed E-state index contributed by atoms with van der Waals surface area (Å²) in [4.78, 5) is 16.3. The molecule has 5 nitrogen and oxygen atoms in total. The number of rotatable bonds is 2. The number of pyridine rings is 1. The Bertz CT molecular complexity index is 831. The summed E-state index contributed by atoms with van der Waals surface area (Å²) < 4.78 is 0. The molecular weight excluding hydrogens is 266 g/mol. The first-order valence-corrected chi connectivity index (χ1v) is 6.39. The van der Waals surface area contributed by atoms with E-state index in [-0.39, 0.29) is 17.1 Å². The minimum absolute atomic E-state index is 0.0555. The minimum atomic E-state index is -0.455. The Kier molecular flexibility index (Phi) is 3.16. The predicted molar refractivity (Wildman–Crippen MR) is 82.2 cm³/mol. The number of nitrogens with two attached hydrogens (primary N) is 1. The molecule has 4 N–H and O–H groups in total. The monoisotopic (exact) mass is 279 g/mol. The van der Waals surface area contributed by atoms with Crippen molar-refractivity contribution < 1.29 is 9.90 Å². The number of carbonyl (C=O) groups is 1. The molecule has 1 heterocycles. The van der Waals surface area contributed by atoms with E-state index in [4.69, 9.17) is 5.73 Å². The molecule has 0 bridgehead atoms. The first kappa shape index (κ1) is 12.9. The van der Waals surface area contributed by atoms with Crippen molar-refractivity contribution in [3.05, 3.63) is 60.3 Å². The average Bonchev–Trinajstić information content (AvgIpc) is 2.50. The van der Waals surface area contributed by atoms with Crippen LogP contribution in [-0.2, 0) is 0 Å². The zero-order chi connectivity index (χ0) is 14.8. The maximum Gasteiger partial charge on any atom is 0.260 e. The van der Waals surface area contributed by atoms with Crippen LogP contribution in [-0.4, -0.2) is 16.0 Å². The quantitative estimate of drug-likeness (QED) is 0.673. The largest absolute Gasteiger partial charge is 0.506 e. The molecule has 3 aromatic rings. The number of anilines is 2. The summed E-state index contributed by atoms with van der Waals surface area (Å²) in [6.07, 6.45) is 1.53. The van der Waals surface area contributed by atoms with Gasteiger partial charge in [0, 0.05) is 11.6 Å². The van der Waals surface area contributed by atoms with Gasteiger partial charge >= 0.3 is 0 Å². The van der Waals surface area contributed by atoms with Gasteiger partial charge in [-0.1, -0.05) is 30.3 Å². The number of nitrogens with zero attached hydrogens (tertiary/aromatic N) is 1. The van der Waals surface area contributed by atoms with Crippen molar-refractivity contribution in [2.45, 2.75) is 0 Å². The number of amides is 1. The summed E-state index contributed by atoms with van der Waals surface area (Å²) >= 11 is 0. The molecule has 0 saturated carbocycles. The van der Waals surface area contributed by atoms with Crippen molar-refractivity contribution in [2.24, 2.45) is 0 Å². The second kappa shape index (κ2) is 5.13. The molecule has 0 radical (unpaired) electrons. The van der Waals surface area contributed by atoms with Gasteiger partial charge in [-0.3, -0.25) is 4.79 Å². The smallest absolute Gasteiger partial charge is 0.260 e. The van der Waals surface area contributed by atoms with Gasteiger partial charge in [-0.05, 0) is 23.6 Å². The molecule has 3 rings (SSSR count). The summed E-state index contributed by atoms with van der Waals surface area (Å²) in [6.45, 7) is 0. The highest BCUT2D eigenvalue weighted by atomic mass is 16.3. The van der Waals surface area contributed by atoms with E-state index in [2.05, 4.69) is 10.3 Å². The summed E-state index contributed by atoms with van der Waals surface area (Å²) in [6, 6.07) is 14.0. The fraction of sp³-hybridized carbons (Fsp3) is 0. The van der Waals surface area contributed by atoms with E-state index < -0.39 is 5.91 Å². The lowest BCUT2D eigenvalue weighted by Gasteiger charge is -2.09. The molecule has 0 aliphatic heterocycles. The average molecular weight is 279 g/mol. The molecule has 0 saturated heterocycles. The number of carbonyl (C=O) groups excluding carboxylic acids is 1. The van der Waals surface area contributed by atoms with Gasteiger partial charge in [-0.25, -0.2) is 4.98 Å². The van der Waals surface area contributed by atoms with Gasteiger partial charge in [0.2, 0.25) is 0 Å². The van der Waals surface area contributed by atoms with E-state index in [9.17, 15) is 9.90 Å². The van der Waals surface area contributed by atoms with Crippen LogP contribution in [0.25, 0.3) is 10.8 Å². The van der Waals surface area contributed by atoms with Crippen LogP contribution < -0.4 is 11.1 Å². The first-order chi connectivity index (χ1) is 10.2. The van der Waals surface area contributed by atoms with Crippen molar-refractivity contribution in [3.8, 4) is 5.75 Å². The zero-order valence-electron chi connectivity index (χ0n) is 11.1. The predicted octanol–water partition coefficient (Wildman–Crippen LogP) is 2.77. The number of benzene rings is 2. The van der Waals surface area contributed by atoms with Crippen LogP contribution in [0.2, 0.25) is 0 Å². The molecule has 1 aromatic heterocycles. The second-order valence-corrected chi connectivity index (χ2v) is 4.58. The van der Waals surface area contributed by atoms with Crippen molar-refractivity contribution in [1.82, 2.24) is 4.98 Å².